The molecular formula is C16H18O2. The summed E-state index contributed by atoms with van der Waals surface area (Å²) in [6.07, 6.45) is -0.479. The van der Waals surface area contributed by atoms with E-state index in [1.807, 2.05) is 49.4 Å². The molecule has 2 heteroatoms. The summed E-state index contributed by atoms with van der Waals surface area (Å²) in [4.78, 5) is 0. The predicted molar refractivity (Wildman–Crippen MR) is 73.2 cm³/mol. The van der Waals surface area contributed by atoms with E-state index in [-0.39, 0.29) is 6.61 Å². The van der Waals surface area contributed by atoms with Crippen molar-refractivity contribution < 1.29 is 10.2 Å². The Morgan fingerprint density at radius 3 is 2.56 bits per heavy atom. The van der Waals surface area contributed by atoms with Crippen molar-refractivity contribution in [1.82, 2.24) is 0 Å². The molecule has 0 spiro atoms. The summed E-state index contributed by atoms with van der Waals surface area (Å²) < 4.78 is 0. The Balaban J connectivity index is 2.51. The molecule has 0 heterocycles. The van der Waals surface area contributed by atoms with Crippen LogP contribution in [0.15, 0.2) is 42.5 Å². The van der Waals surface area contributed by atoms with Crippen LogP contribution in [0.2, 0.25) is 0 Å². The maximum atomic E-state index is 9.62. The summed E-state index contributed by atoms with van der Waals surface area (Å²) in [5, 5.41) is 19.0. The van der Waals surface area contributed by atoms with Crippen molar-refractivity contribution in [3.63, 3.8) is 0 Å². The fourth-order valence-corrected chi connectivity index (χ4v) is 2.10. The Hall–Kier alpha value is -1.64. The number of aryl methyl sites for hydroxylation is 1. The van der Waals surface area contributed by atoms with Crippen molar-refractivity contribution in [2.75, 3.05) is 0 Å². The van der Waals surface area contributed by atoms with Gasteiger partial charge in [-0.15, -0.1) is 0 Å². The molecule has 0 saturated carbocycles. The summed E-state index contributed by atoms with van der Waals surface area (Å²) in [7, 11) is 0. The molecule has 0 aromatic heterocycles. The summed E-state index contributed by atoms with van der Waals surface area (Å²) in [6.45, 7) is 3.78. The Bertz CT molecular complexity index is 545. The quantitative estimate of drug-likeness (QED) is 0.867. The van der Waals surface area contributed by atoms with Crippen molar-refractivity contribution in [3.8, 4) is 11.1 Å². The van der Waals surface area contributed by atoms with Gasteiger partial charge in [-0.25, -0.2) is 0 Å². The minimum atomic E-state index is -0.479. The van der Waals surface area contributed by atoms with Gasteiger partial charge in [0, 0.05) is 0 Å². The standard InChI is InChI=1S/C16H18O2/c1-11-6-7-16(15(8-11)10-17)14-5-3-4-13(9-14)12(2)18/h3-9,12,17-18H,10H2,1-2H3/t12-/m0/s1. The lowest BCUT2D eigenvalue weighted by Gasteiger charge is -2.11. The van der Waals surface area contributed by atoms with E-state index >= 15 is 0 Å². The van der Waals surface area contributed by atoms with Crippen LogP contribution >= 0.6 is 0 Å². The number of benzene rings is 2. The molecule has 0 radical (unpaired) electrons. The van der Waals surface area contributed by atoms with Gasteiger partial charge in [0.2, 0.25) is 0 Å². The summed E-state index contributed by atoms with van der Waals surface area (Å²) in [5.74, 6) is 0. The first kappa shape index (κ1) is 12.8. The third kappa shape index (κ3) is 2.61. The third-order valence-electron chi connectivity index (χ3n) is 3.11. The zero-order chi connectivity index (χ0) is 13.1. The maximum absolute atomic E-state index is 9.62. The average Bonchev–Trinajstić information content (AvgIpc) is 2.38. The molecule has 2 aromatic carbocycles. The van der Waals surface area contributed by atoms with Gasteiger partial charge in [-0.3, -0.25) is 0 Å². The Morgan fingerprint density at radius 1 is 1.11 bits per heavy atom. The fourth-order valence-electron chi connectivity index (χ4n) is 2.10. The van der Waals surface area contributed by atoms with Gasteiger partial charge in [0.05, 0.1) is 12.7 Å². The van der Waals surface area contributed by atoms with Gasteiger partial charge in [-0.1, -0.05) is 42.0 Å². The lowest BCUT2D eigenvalue weighted by atomic mass is 9.96. The van der Waals surface area contributed by atoms with Crippen LogP contribution in [-0.2, 0) is 6.61 Å². The zero-order valence-electron chi connectivity index (χ0n) is 10.7. The Labute approximate surface area is 108 Å². The SMILES string of the molecule is Cc1ccc(-c2cccc([C@H](C)O)c2)c(CO)c1. The molecule has 2 rings (SSSR count). The second kappa shape index (κ2) is 5.34. The average molecular weight is 242 g/mol. The van der Waals surface area contributed by atoms with E-state index in [2.05, 4.69) is 0 Å². The molecule has 0 bridgehead atoms. The van der Waals surface area contributed by atoms with Crippen LogP contribution in [0.4, 0.5) is 0 Å². The van der Waals surface area contributed by atoms with Crippen LogP contribution in [0, 0.1) is 6.92 Å². The number of hydrogen-bond acceptors (Lipinski definition) is 2. The van der Waals surface area contributed by atoms with Gasteiger partial charge in [0.25, 0.3) is 0 Å². The van der Waals surface area contributed by atoms with Crippen LogP contribution in [0.3, 0.4) is 0 Å². The normalized spacial score (nSPS) is 12.4. The lowest BCUT2D eigenvalue weighted by molar-refractivity contribution is 0.199. The zero-order valence-corrected chi connectivity index (χ0v) is 10.7. The van der Waals surface area contributed by atoms with Gasteiger partial charge < -0.3 is 10.2 Å². The first-order valence-electron chi connectivity index (χ1n) is 6.10. The van der Waals surface area contributed by atoms with Gasteiger partial charge in [0.15, 0.2) is 0 Å². The van der Waals surface area contributed by atoms with Crippen LogP contribution in [-0.4, -0.2) is 10.2 Å². The molecule has 0 unspecified atom stereocenters. The van der Waals surface area contributed by atoms with Crippen molar-refractivity contribution in [2.45, 2.75) is 26.6 Å². The molecule has 0 amide bonds. The highest BCUT2D eigenvalue weighted by Gasteiger charge is 2.07. The van der Waals surface area contributed by atoms with Crippen LogP contribution < -0.4 is 0 Å². The maximum Gasteiger partial charge on any atom is 0.0762 e. The largest absolute Gasteiger partial charge is 0.392 e. The first-order valence-corrected chi connectivity index (χ1v) is 6.10. The fraction of sp³-hybridized carbons (Fsp3) is 0.250. The summed E-state index contributed by atoms with van der Waals surface area (Å²) in [5.41, 5.74) is 4.98. The van der Waals surface area contributed by atoms with E-state index in [0.29, 0.717) is 0 Å². The van der Waals surface area contributed by atoms with Gasteiger partial charge in [0.1, 0.15) is 0 Å². The molecule has 1 atom stereocenters. The highest BCUT2D eigenvalue weighted by molar-refractivity contribution is 5.68. The second-order valence-electron chi connectivity index (χ2n) is 4.62. The topological polar surface area (TPSA) is 40.5 Å². The van der Waals surface area contributed by atoms with Crippen LogP contribution in [0.25, 0.3) is 11.1 Å². The van der Waals surface area contributed by atoms with E-state index in [9.17, 15) is 10.2 Å². The molecule has 2 nitrogen and oxygen atoms in total. The molecule has 18 heavy (non-hydrogen) atoms. The smallest absolute Gasteiger partial charge is 0.0762 e. The van der Waals surface area contributed by atoms with E-state index in [1.54, 1.807) is 6.92 Å². The third-order valence-corrected chi connectivity index (χ3v) is 3.11. The lowest BCUT2D eigenvalue weighted by Crippen LogP contribution is -1.94. The molecule has 0 aliphatic carbocycles. The predicted octanol–water partition coefficient (Wildman–Crippen LogP) is 3.21. The summed E-state index contributed by atoms with van der Waals surface area (Å²) in [6, 6.07) is 13.8. The minimum Gasteiger partial charge on any atom is -0.392 e. The first-order chi connectivity index (χ1) is 8.61. The highest BCUT2D eigenvalue weighted by atomic mass is 16.3. The van der Waals surface area contributed by atoms with Gasteiger partial charge in [-0.2, -0.15) is 0 Å². The van der Waals surface area contributed by atoms with E-state index in [4.69, 9.17) is 0 Å². The van der Waals surface area contributed by atoms with Crippen molar-refractivity contribution in [2.24, 2.45) is 0 Å². The number of rotatable bonds is 3. The van der Waals surface area contributed by atoms with Crippen LogP contribution in [0.5, 0.6) is 0 Å². The van der Waals surface area contributed by atoms with Gasteiger partial charge in [-0.05, 0) is 42.2 Å². The molecule has 2 aromatic rings. The van der Waals surface area contributed by atoms with E-state index < -0.39 is 6.10 Å². The number of aliphatic hydroxyl groups excluding tert-OH is 2. The Kier molecular flexibility index (Phi) is 3.80. The van der Waals surface area contributed by atoms with Crippen molar-refractivity contribution in [3.05, 3.63) is 59.2 Å². The molecule has 0 aliphatic rings. The molecule has 0 fully saturated rings. The second-order valence-corrected chi connectivity index (χ2v) is 4.62. The van der Waals surface area contributed by atoms with Crippen molar-refractivity contribution in [1.29, 1.82) is 0 Å². The minimum absolute atomic E-state index is 0.0237. The van der Waals surface area contributed by atoms with E-state index in [1.165, 1.54) is 0 Å². The highest BCUT2D eigenvalue weighted by Crippen LogP contribution is 2.27. The number of aliphatic hydroxyl groups is 2. The van der Waals surface area contributed by atoms with E-state index in [0.717, 1.165) is 27.8 Å². The van der Waals surface area contributed by atoms with Crippen LogP contribution in [0.1, 0.15) is 29.7 Å². The molecule has 94 valence electrons. The molecular weight excluding hydrogens is 224 g/mol. The molecule has 0 aliphatic heterocycles. The van der Waals surface area contributed by atoms with Crippen molar-refractivity contribution >= 4 is 0 Å². The monoisotopic (exact) mass is 242 g/mol. The molecule has 2 N–H and O–H groups in total. The Morgan fingerprint density at radius 2 is 1.89 bits per heavy atom. The summed E-state index contributed by atoms with van der Waals surface area (Å²) >= 11 is 0. The molecule has 0 saturated heterocycles. The number of hydrogen-bond donors (Lipinski definition) is 2. The van der Waals surface area contributed by atoms with Gasteiger partial charge >= 0.3 is 0 Å².